The Kier molecular flexibility index (Phi) is 9.22. The Labute approximate surface area is 233 Å². The maximum Gasteiger partial charge on any atom is 0.410 e. The highest BCUT2D eigenvalue weighted by molar-refractivity contribution is 6.31. The number of likely N-dealkylation sites (tertiary alicyclic amines) is 1. The fourth-order valence-electron chi connectivity index (χ4n) is 5.02. The number of anilines is 1. The normalized spacial score (nSPS) is 20.9. The highest BCUT2D eigenvalue weighted by Gasteiger charge is 2.49. The summed E-state index contributed by atoms with van der Waals surface area (Å²) in [6.45, 7) is -0.358. The summed E-state index contributed by atoms with van der Waals surface area (Å²) in [6.07, 6.45) is -2.61. The molecule has 1 saturated carbocycles. The van der Waals surface area contributed by atoms with Crippen molar-refractivity contribution in [2.45, 2.75) is 49.4 Å². The summed E-state index contributed by atoms with van der Waals surface area (Å²) in [5.74, 6) is -5.19. The molecule has 0 spiro atoms. The van der Waals surface area contributed by atoms with Gasteiger partial charge in [-0.3, -0.25) is 19.4 Å². The lowest BCUT2D eigenvalue weighted by molar-refractivity contribution is -0.133. The lowest BCUT2D eigenvalue weighted by Crippen LogP contribution is -2.56. The molecule has 3 unspecified atom stereocenters. The van der Waals surface area contributed by atoms with Crippen molar-refractivity contribution in [3.8, 4) is 0 Å². The van der Waals surface area contributed by atoms with Gasteiger partial charge in [-0.15, -0.1) is 0 Å². The monoisotopic (exact) mass is 583 g/mol. The van der Waals surface area contributed by atoms with Crippen LogP contribution in [0.2, 0.25) is 5.02 Å². The lowest BCUT2D eigenvalue weighted by atomic mass is 9.87. The molecule has 1 aliphatic carbocycles. The van der Waals surface area contributed by atoms with Crippen molar-refractivity contribution in [3.05, 3.63) is 64.9 Å². The van der Waals surface area contributed by atoms with Crippen LogP contribution in [0.3, 0.4) is 0 Å². The zero-order valence-corrected chi connectivity index (χ0v) is 22.3. The Hall–Kier alpha value is -3.35. The summed E-state index contributed by atoms with van der Waals surface area (Å²) in [4.78, 5) is 42.9. The van der Waals surface area contributed by atoms with Crippen LogP contribution in [0.4, 0.5) is 23.7 Å². The van der Waals surface area contributed by atoms with E-state index in [1.54, 1.807) is 12.1 Å². The molecular formula is C27H29ClF3N3O6. The fraction of sp³-hybridized carbons (Fsp3) is 0.444. The summed E-state index contributed by atoms with van der Waals surface area (Å²) in [5, 5.41) is 11.8. The molecule has 40 heavy (non-hydrogen) atoms. The molecule has 216 valence electrons. The predicted molar refractivity (Wildman–Crippen MR) is 139 cm³/mol. The number of ether oxygens (including phenoxy) is 2. The van der Waals surface area contributed by atoms with Gasteiger partial charge in [-0.25, -0.2) is 18.0 Å². The molecule has 1 saturated heterocycles. The van der Waals surface area contributed by atoms with E-state index in [9.17, 15) is 27.6 Å². The van der Waals surface area contributed by atoms with E-state index in [0.29, 0.717) is 0 Å². The molecule has 2 N–H and O–H groups in total. The van der Waals surface area contributed by atoms with Crippen LogP contribution in [-0.2, 0) is 19.1 Å². The first-order valence-corrected chi connectivity index (χ1v) is 13.0. The van der Waals surface area contributed by atoms with E-state index < -0.39 is 66.7 Å². The molecule has 3 atom stereocenters. The summed E-state index contributed by atoms with van der Waals surface area (Å²) < 4.78 is 52.0. The van der Waals surface area contributed by atoms with Crippen molar-refractivity contribution in [1.82, 2.24) is 10.2 Å². The quantitative estimate of drug-likeness (QED) is 0.466. The zero-order chi connectivity index (χ0) is 29.0. The molecule has 1 aliphatic heterocycles. The van der Waals surface area contributed by atoms with Crippen LogP contribution in [0.25, 0.3) is 0 Å². The number of alkyl halides is 2. The number of hydrogen-bond acceptors (Lipinski definition) is 6. The largest absolute Gasteiger partial charge is 0.453 e. The second-order valence-corrected chi connectivity index (χ2v) is 10.1. The van der Waals surface area contributed by atoms with Gasteiger partial charge in [0.05, 0.1) is 33.0 Å². The summed E-state index contributed by atoms with van der Waals surface area (Å²) >= 11 is 6.46. The van der Waals surface area contributed by atoms with Gasteiger partial charge in [0, 0.05) is 41.6 Å². The lowest BCUT2D eigenvalue weighted by Gasteiger charge is -2.39. The molecule has 9 nitrogen and oxygen atoms in total. The van der Waals surface area contributed by atoms with E-state index in [0.717, 1.165) is 29.0 Å². The molecule has 13 heteroatoms. The van der Waals surface area contributed by atoms with Gasteiger partial charge >= 0.3 is 6.09 Å². The summed E-state index contributed by atoms with van der Waals surface area (Å²) in [6, 6.07) is 7.60. The minimum atomic E-state index is -2.91. The van der Waals surface area contributed by atoms with Crippen molar-refractivity contribution in [2.24, 2.45) is 0 Å². The molecule has 2 aliphatic rings. The fourth-order valence-corrected chi connectivity index (χ4v) is 5.26. The Morgan fingerprint density at radius 2 is 1.93 bits per heavy atom. The maximum absolute atomic E-state index is 14.5. The van der Waals surface area contributed by atoms with Gasteiger partial charge in [0.1, 0.15) is 17.9 Å². The number of rotatable bonds is 9. The second-order valence-electron chi connectivity index (χ2n) is 9.67. The van der Waals surface area contributed by atoms with Crippen molar-refractivity contribution >= 4 is 35.2 Å². The number of methoxy groups -OCH3 is 1. The average Bonchev–Trinajstić information content (AvgIpc) is 3.33. The van der Waals surface area contributed by atoms with Crippen molar-refractivity contribution in [1.29, 1.82) is 0 Å². The number of amides is 3. The first-order valence-electron chi connectivity index (χ1n) is 12.6. The standard InChI is InChI=1S/C27H29ClF3N3O6/c1-39-26(38)33-15-19(40-10-9-35)12-22(33)25(37)34(18-6-4-5-16(29)11-18)23(20-7-2-3-8-21(20)28)24(36)32-17-13-27(30,31)14-17/h2-8,11,17,19,22-23,35H,9-10,12-15H2,1H3,(H,32,36). The Morgan fingerprint density at radius 3 is 2.55 bits per heavy atom. The third kappa shape index (κ3) is 6.51. The van der Waals surface area contributed by atoms with Crippen LogP contribution in [0.5, 0.6) is 0 Å². The molecule has 0 radical (unpaired) electrons. The molecule has 2 aromatic rings. The summed E-state index contributed by atoms with van der Waals surface area (Å²) in [7, 11) is 1.14. The second kappa shape index (κ2) is 12.4. The first-order chi connectivity index (χ1) is 19.0. The number of halogens is 4. The molecule has 0 bridgehead atoms. The van der Waals surface area contributed by atoms with Gasteiger partial charge in [0.15, 0.2) is 0 Å². The van der Waals surface area contributed by atoms with Crippen LogP contribution in [0.15, 0.2) is 48.5 Å². The van der Waals surface area contributed by atoms with E-state index in [1.807, 2.05) is 0 Å². The van der Waals surface area contributed by atoms with Crippen molar-refractivity contribution in [2.75, 3.05) is 31.8 Å². The number of nitrogens with zero attached hydrogens (tertiary/aromatic N) is 2. The van der Waals surface area contributed by atoms with Crippen LogP contribution in [-0.4, -0.2) is 78.9 Å². The van der Waals surface area contributed by atoms with Crippen molar-refractivity contribution in [3.63, 3.8) is 0 Å². The van der Waals surface area contributed by atoms with E-state index in [4.69, 9.17) is 26.2 Å². The van der Waals surface area contributed by atoms with Gasteiger partial charge in [-0.2, -0.15) is 0 Å². The molecule has 2 fully saturated rings. The topological polar surface area (TPSA) is 108 Å². The molecule has 1 heterocycles. The molecule has 0 aromatic heterocycles. The molecular weight excluding hydrogens is 555 g/mol. The van der Waals surface area contributed by atoms with Gasteiger partial charge in [-0.1, -0.05) is 35.9 Å². The van der Waals surface area contributed by atoms with E-state index in [-0.39, 0.29) is 42.5 Å². The minimum Gasteiger partial charge on any atom is -0.453 e. The van der Waals surface area contributed by atoms with E-state index >= 15 is 0 Å². The van der Waals surface area contributed by atoms with Crippen LogP contribution >= 0.6 is 11.6 Å². The van der Waals surface area contributed by atoms with Gasteiger partial charge in [0.25, 0.3) is 11.8 Å². The number of aliphatic hydroxyl groups is 1. The first kappa shape index (κ1) is 29.6. The van der Waals surface area contributed by atoms with E-state index in [1.165, 1.54) is 24.3 Å². The highest BCUT2D eigenvalue weighted by atomic mass is 35.5. The number of aliphatic hydroxyl groups excluding tert-OH is 1. The smallest absolute Gasteiger partial charge is 0.410 e. The third-order valence-electron chi connectivity index (χ3n) is 6.87. The number of nitrogens with one attached hydrogen (secondary N) is 1. The van der Waals surface area contributed by atoms with Crippen LogP contribution in [0, 0.1) is 5.82 Å². The molecule has 4 rings (SSSR count). The van der Waals surface area contributed by atoms with Gasteiger partial charge < -0.3 is 19.9 Å². The van der Waals surface area contributed by atoms with E-state index in [2.05, 4.69) is 5.32 Å². The highest BCUT2D eigenvalue weighted by Crippen LogP contribution is 2.39. The van der Waals surface area contributed by atoms with Crippen LogP contribution < -0.4 is 10.2 Å². The van der Waals surface area contributed by atoms with Crippen LogP contribution in [0.1, 0.15) is 30.9 Å². The SMILES string of the molecule is COC(=O)N1CC(OCCO)CC1C(=O)N(c1cccc(F)c1)C(C(=O)NC1CC(F)(F)C1)c1ccccc1Cl. The minimum absolute atomic E-state index is 0.00847. The maximum atomic E-state index is 14.5. The van der Waals surface area contributed by atoms with Gasteiger partial charge in [0.2, 0.25) is 5.91 Å². The number of benzene rings is 2. The number of hydrogen-bond donors (Lipinski definition) is 2. The van der Waals surface area contributed by atoms with Crippen molar-refractivity contribution < 1.29 is 42.1 Å². The Balaban J connectivity index is 1.78. The molecule has 3 amide bonds. The number of carbonyl (C=O) groups is 3. The number of carbonyl (C=O) groups excluding carboxylic acids is 3. The average molecular weight is 584 g/mol. The van der Waals surface area contributed by atoms with Gasteiger partial charge in [-0.05, 0) is 24.3 Å². The summed E-state index contributed by atoms with van der Waals surface area (Å²) in [5.41, 5.74) is 0.148. The zero-order valence-electron chi connectivity index (χ0n) is 21.6. The Morgan fingerprint density at radius 1 is 1.20 bits per heavy atom. The third-order valence-corrected chi connectivity index (χ3v) is 7.21. The predicted octanol–water partition coefficient (Wildman–Crippen LogP) is 3.69. The Bertz CT molecular complexity index is 1240. The molecule has 2 aromatic carbocycles.